The monoisotopic (exact) mass is 182 g/mol. The lowest BCUT2D eigenvalue weighted by Gasteiger charge is -2.25. The molecular formula is C11H22N2. The summed E-state index contributed by atoms with van der Waals surface area (Å²) in [7, 11) is 2.24. The predicted octanol–water partition coefficient (Wildman–Crippen LogP) is 1.61. The Balaban J connectivity index is 1.89. The number of nitrogens with one attached hydrogen (secondary N) is 1. The minimum Gasteiger partial charge on any atom is -0.307 e. The zero-order valence-electron chi connectivity index (χ0n) is 8.97. The summed E-state index contributed by atoms with van der Waals surface area (Å²) in [6.07, 6.45) is 6.86. The van der Waals surface area contributed by atoms with Crippen LogP contribution in [0, 0.1) is 0 Å². The maximum atomic E-state index is 3.86. The van der Waals surface area contributed by atoms with E-state index in [0.717, 1.165) is 6.04 Å². The number of hydrogen-bond donors (Lipinski definition) is 1. The maximum absolute atomic E-state index is 3.86. The van der Waals surface area contributed by atoms with Gasteiger partial charge in [0, 0.05) is 18.1 Å². The quantitative estimate of drug-likeness (QED) is 0.698. The Morgan fingerprint density at radius 2 is 2.31 bits per heavy atom. The zero-order chi connectivity index (χ0) is 9.31. The lowest BCUT2D eigenvalue weighted by atomic mass is 9.97. The van der Waals surface area contributed by atoms with Crippen molar-refractivity contribution in [2.75, 3.05) is 20.1 Å². The van der Waals surface area contributed by atoms with Crippen LogP contribution in [0.15, 0.2) is 0 Å². The summed E-state index contributed by atoms with van der Waals surface area (Å²) in [5.41, 5.74) is 0.509. The first kappa shape index (κ1) is 9.47. The highest BCUT2D eigenvalue weighted by Crippen LogP contribution is 2.32. The third-order valence-electron chi connectivity index (χ3n) is 3.66. The Morgan fingerprint density at radius 1 is 1.46 bits per heavy atom. The molecule has 1 unspecified atom stereocenters. The van der Waals surface area contributed by atoms with Gasteiger partial charge in [-0.3, -0.25) is 0 Å². The highest BCUT2D eigenvalue weighted by molar-refractivity contribution is 5.03. The summed E-state index contributed by atoms with van der Waals surface area (Å²) in [4.78, 5) is 2.46. The first-order chi connectivity index (χ1) is 6.24. The van der Waals surface area contributed by atoms with Crippen molar-refractivity contribution in [3.05, 3.63) is 0 Å². The molecule has 2 aliphatic rings. The van der Waals surface area contributed by atoms with Crippen LogP contribution in [0.4, 0.5) is 0 Å². The van der Waals surface area contributed by atoms with E-state index in [2.05, 4.69) is 24.2 Å². The van der Waals surface area contributed by atoms with Gasteiger partial charge in [-0.15, -0.1) is 0 Å². The molecular weight excluding hydrogens is 160 g/mol. The second-order valence-electron chi connectivity index (χ2n) is 4.94. The molecule has 2 fully saturated rings. The molecule has 2 aliphatic heterocycles. The van der Waals surface area contributed by atoms with Gasteiger partial charge in [0.1, 0.15) is 0 Å². The molecule has 1 N–H and O–H groups in total. The van der Waals surface area contributed by atoms with Crippen LogP contribution in [-0.2, 0) is 0 Å². The van der Waals surface area contributed by atoms with Crippen molar-refractivity contribution in [3.8, 4) is 0 Å². The number of hydrogen-bond acceptors (Lipinski definition) is 2. The van der Waals surface area contributed by atoms with E-state index in [4.69, 9.17) is 0 Å². The number of rotatable bonds is 2. The molecule has 2 heteroatoms. The second kappa shape index (κ2) is 3.58. The van der Waals surface area contributed by atoms with E-state index in [9.17, 15) is 0 Å². The summed E-state index contributed by atoms with van der Waals surface area (Å²) in [5, 5.41) is 3.86. The predicted molar refractivity (Wildman–Crippen MR) is 55.9 cm³/mol. The zero-order valence-corrected chi connectivity index (χ0v) is 8.97. The highest BCUT2D eigenvalue weighted by Gasteiger charge is 2.41. The SMILES string of the molecule is CCCC1CC[C@]2(CCN(C)C2)N1. The standard InChI is InChI=1S/C11H22N2/c1-3-4-10-5-6-11(12-10)7-8-13(2)9-11/h10,12H,3-9H2,1-2H3/t10?,11-/m1/s1. The third-order valence-corrected chi connectivity index (χ3v) is 3.66. The number of likely N-dealkylation sites (tertiary alicyclic amines) is 1. The minimum atomic E-state index is 0.509. The average molecular weight is 182 g/mol. The molecule has 0 aliphatic carbocycles. The first-order valence-corrected chi connectivity index (χ1v) is 5.70. The van der Waals surface area contributed by atoms with Crippen molar-refractivity contribution >= 4 is 0 Å². The fraction of sp³-hybridized carbons (Fsp3) is 1.00. The smallest absolute Gasteiger partial charge is 0.0323 e. The molecule has 0 radical (unpaired) electrons. The van der Waals surface area contributed by atoms with Crippen LogP contribution in [0.3, 0.4) is 0 Å². The van der Waals surface area contributed by atoms with E-state index in [-0.39, 0.29) is 0 Å². The summed E-state index contributed by atoms with van der Waals surface area (Å²) in [6, 6.07) is 0.816. The first-order valence-electron chi connectivity index (χ1n) is 5.70. The van der Waals surface area contributed by atoms with Gasteiger partial charge in [0.2, 0.25) is 0 Å². The second-order valence-corrected chi connectivity index (χ2v) is 4.94. The van der Waals surface area contributed by atoms with Crippen LogP contribution in [0.25, 0.3) is 0 Å². The lowest BCUT2D eigenvalue weighted by Crippen LogP contribution is -2.44. The molecule has 2 atom stereocenters. The van der Waals surface area contributed by atoms with Crippen LogP contribution >= 0.6 is 0 Å². The van der Waals surface area contributed by atoms with Gasteiger partial charge >= 0.3 is 0 Å². The van der Waals surface area contributed by atoms with Gasteiger partial charge < -0.3 is 10.2 Å². The molecule has 0 saturated carbocycles. The highest BCUT2D eigenvalue weighted by atomic mass is 15.2. The minimum absolute atomic E-state index is 0.509. The van der Waals surface area contributed by atoms with Gasteiger partial charge in [-0.1, -0.05) is 13.3 Å². The van der Waals surface area contributed by atoms with Gasteiger partial charge in [0.05, 0.1) is 0 Å². The molecule has 2 nitrogen and oxygen atoms in total. The molecule has 2 rings (SSSR count). The summed E-state index contributed by atoms with van der Waals surface area (Å²) in [6.45, 7) is 4.84. The third kappa shape index (κ3) is 1.89. The Kier molecular flexibility index (Phi) is 2.61. The Bertz CT molecular complexity index is 181. The normalized spacial score (nSPS) is 40.6. The molecule has 76 valence electrons. The molecule has 2 heterocycles. The van der Waals surface area contributed by atoms with Crippen molar-refractivity contribution in [3.63, 3.8) is 0 Å². The fourth-order valence-electron chi connectivity index (χ4n) is 2.99. The maximum Gasteiger partial charge on any atom is 0.0323 e. The van der Waals surface area contributed by atoms with Crippen molar-refractivity contribution in [2.45, 2.75) is 50.6 Å². The Hall–Kier alpha value is -0.0800. The lowest BCUT2D eigenvalue weighted by molar-refractivity contribution is 0.330. The van der Waals surface area contributed by atoms with Gasteiger partial charge in [0.25, 0.3) is 0 Å². The van der Waals surface area contributed by atoms with Gasteiger partial charge in [-0.25, -0.2) is 0 Å². The Labute approximate surface area is 81.7 Å². The van der Waals surface area contributed by atoms with Crippen molar-refractivity contribution in [2.24, 2.45) is 0 Å². The van der Waals surface area contributed by atoms with Crippen LogP contribution in [0.1, 0.15) is 39.0 Å². The van der Waals surface area contributed by atoms with E-state index < -0.39 is 0 Å². The Morgan fingerprint density at radius 3 is 2.92 bits per heavy atom. The van der Waals surface area contributed by atoms with E-state index in [1.807, 2.05) is 0 Å². The molecule has 0 aromatic carbocycles. The molecule has 0 aromatic rings. The van der Waals surface area contributed by atoms with E-state index in [1.165, 1.54) is 45.2 Å². The fourth-order valence-corrected chi connectivity index (χ4v) is 2.99. The van der Waals surface area contributed by atoms with Crippen LogP contribution in [-0.4, -0.2) is 36.6 Å². The van der Waals surface area contributed by atoms with Crippen molar-refractivity contribution in [1.29, 1.82) is 0 Å². The van der Waals surface area contributed by atoms with Crippen molar-refractivity contribution < 1.29 is 0 Å². The summed E-state index contributed by atoms with van der Waals surface area (Å²) in [5.74, 6) is 0. The van der Waals surface area contributed by atoms with E-state index >= 15 is 0 Å². The van der Waals surface area contributed by atoms with Crippen LogP contribution in [0.5, 0.6) is 0 Å². The van der Waals surface area contributed by atoms with Gasteiger partial charge in [-0.2, -0.15) is 0 Å². The molecule has 0 aromatic heterocycles. The van der Waals surface area contributed by atoms with Crippen LogP contribution < -0.4 is 5.32 Å². The van der Waals surface area contributed by atoms with Gasteiger partial charge in [0.15, 0.2) is 0 Å². The number of likely N-dealkylation sites (N-methyl/N-ethyl adjacent to an activating group) is 1. The van der Waals surface area contributed by atoms with Gasteiger partial charge in [-0.05, 0) is 39.3 Å². The topological polar surface area (TPSA) is 15.3 Å². The molecule has 2 saturated heterocycles. The molecule has 0 amide bonds. The molecule has 13 heavy (non-hydrogen) atoms. The molecule has 1 spiro atoms. The van der Waals surface area contributed by atoms with E-state index in [1.54, 1.807) is 0 Å². The largest absolute Gasteiger partial charge is 0.307 e. The number of nitrogens with zero attached hydrogens (tertiary/aromatic N) is 1. The van der Waals surface area contributed by atoms with Crippen molar-refractivity contribution in [1.82, 2.24) is 10.2 Å². The summed E-state index contributed by atoms with van der Waals surface area (Å²) < 4.78 is 0. The van der Waals surface area contributed by atoms with Crippen LogP contribution in [0.2, 0.25) is 0 Å². The summed E-state index contributed by atoms with van der Waals surface area (Å²) >= 11 is 0. The molecule has 0 bridgehead atoms. The average Bonchev–Trinajstić information content (AvgIpc) is 2.62. The van der Waals surface area contributed by atoms with E-state index in [0.29, 0.717) is 5.54 Å².